The van der Waals surface area contributed by atoms with Gasteiger partial charge in [0.1, 0.15) is 5.60 Å². The van der Waals surface area contributed by atoms with Gasteiger partial charge < -0.3 is 4.74 Å². The zero-order valence-electron chi connectivity index (χ0n) is 12.7. The lowest BCUT2D eigenvalue weighted by Crippen LogP contribution is -2.46. The van der Waals surface area contributed by atoms with Crippen LogP contribution in [0.4, 0.5) is 0 Å². The predicted molar refractivity (Wildman–Crippen MR) is 82.4 cm³/mol. The predicted octanol–water partition coefficient (Wildman–Crippen LogP) is 4.39. The van der Waals surface area contributed by atoms with Crippen molar-refractivity contribution in [1.29, 1.82) is 0 Å². The fourth-order valence-electron chi connectivity index (χ4n) is 4.30. The number of benzene rings is 1. The Morgan fingerprint density at radius 3 is 2.65 bits per heavy atom. The molecule has 0 radical (unpaired) electrons. The molecule has 0 amide bonds. The lowest BCUT2D eigenvalue weighted by atomic mass is 9.61. The molecule has 1 aliphatic carbocycles. The molecule has 0 aromatic heterocycles. The molecule has 1 saturated heterocycles. The molecule has 1 heteroatoms. The second kappa shape index (κ2) is 3.46. The van der Waals surface area contributed by atoms with Crippen molar-refractivity contribution < 1.29 is 4.74 Å². The Balaban J connectivity index is 1.92. The highest BCUT2D eigenvalue weighted by molar-refractivity contribution is 5.67. The molecule has 3 aliphatic rings. The van der Waals surface area contributed by atoms with Crippen LogP contribution in [-0.4, -0.2) is 11.2 Å². The number of rotatable bonds is 0. The Kier molecular flexibility index (Phi) is 2.14. The maximum atomic E-state index is 6.61. The SMILES string of the molecule is CC(C)(C)[C@@]12C=C[C@@](C)(O1)C1=Cc3ccccc3C[C@@H]12. The van der Waals surface area contributed by atoms with Gasteiger partial charge in [-0.05, 0) is 35.5 Å². The molecule has 2 bridgehead atoms. The summed E-state index contributed by atoms with van der Waals surface area (Å²) in [6.45, 7) is 9.11. The van der Waals surface area contributed by atoms with E-state index in [4.69, 9.17) is 4.74 Å². The molecule has 2 aliphatic heterocycles. The van der Waals surface area contributed by atoms with Crippen LogP contribution < -0.4 is 0 Å². The van der Waals surface area contributed by atoms with Gasteiger partial charge in [0.15, 0.2) is 0 Å². The number of hydrogen-bond donors (Lipinski definition) is 0. The van der Waals surface area contributed by atoms with Crippen molar-refractivity contribution in [2.75, 3.05) is 0 Å². The molecule has 1 aromatic carbocycles. The lowest BCUT2D eigenvalue weighted by Gasteiger charge is -2.43. The van der Waals surface area contributed by atoms with Gasteiger partial charge >= 0.3 is 0 Å². The first-order valence-corrected chi connectivity index (χ1v) is 7.56. The normalized spacial score (nSPS) is 37.6. The fraction of sp³-hybridized carbons (Fsp3) is 0.474. The van der Waals surface area contributed by atoms with Crippen molar-refractivity contribution in [2.45, 2.75) is 45.3 Å². The third-order valence-electron chi connectivity index (χ3n) is 5.46. The minimum Gasteiger partial charge on any atom is -0.355 e. The van der Waals surface area contributed by atoms with E-state index in [1.54, 1.807) is 0 Å². The van der Waals surface area contributed by atoms with Crippen molar-refractivity contribution in [3.05, 3.63) is 53.1 Å². The second-order valence-corrected chi connectivity index (χ2v) is 7.64. The van der Waals surface area contributed by atoms with Crippen LogP contribution in [0.1, 0.15) is 38.8 Å². The van der Waals surface area contributed by atoms with Crippen LogP contribution in [0, 0.1) is 11.3 Å². The Morgan fingerprint density at radius 1 is 1.15 bits per heavy atom. The number of fused-ring (bicyclic) bond motifs is 6. The van der Waals surface area contributed by atoms with E-state index in [2.05, 4.69) is 70.2 Å². The average Bonchev–Trinajstić information content (AvgIpc) is 2.88. The largest absolute Gasteiger partial charge is 0.355 e. The summed E-state index contributed by atoms with van der Waals surface area (Å²) in [5.74, 6) is 0.479. The summed E-state index contributed by atoms with van der Waals surface area (Å²) in [6.07, 6.45) is 8.08. The van der Waals surface area contributed by atoms with Gasteiger partial charge in [0, 0.05) is 5.92 Å². The average molecular weight is 266 g/mol. The monoisotopic (exact) mass is 266 g/mol. The third-order valence-corrected chi connectivity index (χ3v) is 5.46. The summed E-state index contributed by atoms with van der Waals surface area (Å²) in [5, 5.41) is 0. The van der Waals surface area contributed by atoms with Gasteiger partial charge in [-0.15, -0.1) is 0 Å². The summed E-state index contributed by atoms with van der Waals surface area (Å²) in [6, 6.07) is 8.76. The van der Waals surface area contributed by atoms with E-state index in [9.17, 15) is 0 Å². The summed E-state index contributed by atoms with van der Waals surface area (Å²) in [4.78, 5) is 0. The van der Waals surface area contributed by atoms with Crippen molar-refractivity contribution in [3.8, 4) is 0 Å². The quantitative estimate of drug-likeness (QED) is 0.633. The van der Waals surface area contributed by atoms with Crippen LogP contribution in [0.25, 0.3) is 6.08 Å². The second-order valence-electron chi connectivity index (χ2n) is 7.64. The molecule has 20 heavy (non-hydrogen) atoms. The molecule has 104 valence electrons. The highest BCUT2D eigenvalue weighted by Crippen LogP contribution is 2.61. The molecular weight excluding hydrogens is 244 g/mol. The van der Waals surface area contributed by atoms with E-state index >= 15 is 0 Å². The van der Waals surface area contributed by atoms with Crippen molar-refractivity contribution in [1.82, 2.24) is 0 Å². The topological polar surface area (TPSA) is 9.23 Å². The summed E-state index contributed by atoms with van der Waals surface area (Å²) in [5.41, 5.74) is 4.04. The van der Waals surface area contributed by atoms with Gasteiger partial charge in [0.25, 0.3) is 0 Å². The zero-order valence-corrected chi connectivity index (χ0v) is 12.7. The molecule has 2 heterocycles. The molecule has 0 saturated carbocycles. The van der Waals surface area contributed by atoms with Gasteiger partial charge in [-0.2, -0.15) is 0 Å². The van der Waals surface area contributed by atoms with Crippen molar-refractivity contribution in [2.24, 2.45) is 11.3 Å². The molecule has 4 rings (SSSR count). The minimum absolute atomic E-state index is 0.105. The van der Waals surface area contributed by atoms with E-state index in [-0.39, 0.29) is 16.6 Å². The lowest BCUT2D eigenvalue weighted by molar-refractivity contribution is -0.0945. The molecule has 0 unspecified atom stereocenters. The zero-order chi connectivity index (χ0) is 14.2. The van der Waals surface area contributed by atoms with Crippen LogP contribution in [0.15, 0.2) is 42.0 Å². The van der Waals surface area contributed by atoms with Crippen LogP contribution >= 0.6 is 0 Å². The van der Waals surface area contributed by atoms with Crippen LogP contribution in [-0.2, 0) is 11.2 Å². The van der Waals surface area contributed by atoms with Gasteiger partial charge in [-0.3, -0.25) is 0 Å². The third kappa shape index (κ3) is 1.32. The molecule has 0 N–H and O–H groups in total. The van der Waals surface area contributed by atoms with Gasteiger partial charge in [0.2, 0.25) is 0 Å². The van der Waals surface area contributed by atoms with Crippen LogP contribution in [0.2, 0.25) is 0 Å². The van der Waals surface area contributed by atoms with Crippen molar-refractivity contribution in [3.63, 3.8) is 0 Å². The molecule has 1 aromatic rings. The van der Waals surface area contributed by atoms with E-state index in [1.807, 2.05) is 0 Å². The first-order chi connectivity index (χ1) is 9.36. The maximum absolute atomic E-state index is 6.61. The molecule has 1 fully saturated rings. The summed E-state index contributed by atoms with van der Waals surface area (Å²) >= 11 is 0. The van der Waals surface area contributed by atoms with E-state index in [0.29, 0.717) is 5.92 Å². The van der Waals surface area contributed by atoms with Gasteiger partial charge in [-0.1, -0.05) is 63.3 Å². The van der Waals surface area contributed by atoms with Crippen molar-refractivity contribution >= 4 is 6.08 Å². The van der Waals surface area contributed by atoms with E-state index in [1.165, 1.54) is 16.7 Å². The highest BCUT2D eigenvalue weighted by atomic mass is 16.5. The fourth-order valence-corrected chi connectivity index (χ4v) is 4.30. The Morgan fingerprint density at radius 2 is 1.90 bits per heavy atom. The number of hydrogen-bond acceptors (Lipinski definition) is 1. The first-order valence-electron chi connectivity index (χ1n) is 7.56. The first kappa shape index (κ1) is 12.4. The Bertz CT molecular complexity index is 646. The van der Waals surface area contributed by atoms with Gasteiger partial charge in [0.05, 0.1) is 5.60 Å². The highest BCUT2D eigenvalue weighted by Gasteiger charge is 2.63. The van der Waals surface area contributed by atoms with Gasteiger partial charge in [-0.25, -0.2) is 0 Å². The maximum Gasteiger partial charge on any atom is 0.106 e. The molecule has 3 atom stereocenters. The Labute approximate surface area is 121 Å². The minimum atomic E-state index is -0.203. The smallest absolute Gasteiger partial charge is 0.106 e. The van der Waals surface area contributed by atoms with E-state index < -0.39 is 0 Å². The molecular formula is C19H22O. The standard InChI is InChI=1S/C19H22O/c1-17(2,3)19-10-9-18(4,20-19)15-11-13-7-5-6-8-14(13)12-16(15)19/h5-11,16H,12H2,1-4H3/t16-,18+,19-/m0/s1. The molecule has 0 spiro atoms. The summed E-state index contributed by atoms with van der Waals surface area (Å²) in [7, 11) is 0. The van der Waals surface area contributed by atoms with Crippen LogP contribution in [0.5, 0.6) is 0 Å². The number of ether oxygens (including phenoxy) is 1. The summed E-state index contributed by atoms with van der Waals surface area (Å²) < 4.78 is 6.61. The molecule has 1 nitrogen and oxygen atoms in total. The van der Waals surface area contributed by atoms with E-state index in [0.717, 1.165) is 6.42 Å². The van der Waals surface area contributed by atoms with Crippen LogP contribution in [0.3, 0.4) is 0 Å². The Hall–Kier alpha value is -1.34.